The van der Waals surface area contributed by atoms with Crippen LogP contribution in [-0.4, -0.2) is 44.2 Å². The lowest BCUT2D eigenvalue weighted by Gasteiger charge is -2.17. The Morgan fingerprint density at radius 3 is 2.22 bits per heavy atom. The first-order chi connectivity index (χ1) is 15.3. The third kappa shape index (κ3) is 4.63. The zero-order valence-corrected chi connectivity index (χ0v) is 19.4. The predicted molar refractivity (Wildman–Crippen MR) is 122 cm³/mol. The zero-order valence-electron chi connectivity index (χ0n) is 17.7. The van der Waals surface area contributed by atoms with Crippen LogP contribution in [0, 0.1) is 0 Å². The molecular formula is C22H26N4O4S2. The van der Waals surface area contributed by atoms with Crippen molar-refractivity contribution in [1.82, 2.24) is 19.0 Å². The molecule has 2 aromatic carbocycles. The van der Waals surface area contributed by atoms with Crippen LogP contribution in [0.5, 0.6) is 0 Å². The number of aromatic amines is 1. The van der Waals surface area contributed by atoms with E-state index in [1.807, 2.05) is 37.3 Å². The lowest BCUT2D eigenvalue weighted by Crippen LogP contribution is -2.29. The second-order valence-electron chi connectivity index (χ2n) is 7.71. The van der Waals surface area contributed by atoms with Crippen LogP contribution in [-0.2, 0) is 20.0 Å². The predicted octanol–water partition coefficient (Wildman–Crippen LogP) is 3.29. The molecule has 2 heterocycles. The second-order valence-corrected chi connectivity index (χ2v) is 11.4. The fourth-order valence-corrected chi connectivity index (χ4v) is 6.53. The van der Waals surface area contributed by atoms with Crippen molar-refractivity contribution < 1.29 is 16.8 Å². The molecule has 1 fully saturated rings. The van der Waals surface area contributed by atoms with Gasteiger partial charge in [0.25, 0.3) is 0 Å². The highest BCUT2D eigenvalue weighted by Gasteiger charge is 2.28. The monoisotopic (exact) mass is 474 g/mol. The molecule has 2 N–H and O–H groups in total. The van der Waals surface area contributed by atoms with Crippen LogP contribution >= 0.6 is 0 Å². The first-order valence-electron chi connectivity index (χ1n) is 10.5. The number of imidazole rings is 1. The Morgan fingerprint density at radius 2 is 1.59 bits per heavy atom. The van der Waals surface area contributed by atoms with Crippen molar-refractivity contribution in [3.8, 4) is 11.3 Å². The Balaban J connectivity index is 1.52. The SMILES string of the molecule is CCC(NS(=O)(=O)c1ccc(S(=O)(=O)N2CCCC2)cc1)c1ncc(-c2ccccc2)[nH]1. The van der Waals surface area contributed by atoms with Crippen molar-refractivity contribution in [1.29, 1.82) is 0 Å². The minimum atomic E-state index is -3.87. The van der Waals surface area contributed by atoms with Gasteiger partial charge in [0.1, 0.15) is 5.82 Å². The molecule has 0 bridgehead atoms. The molecule has 3 aromatic rings. The molecule has 32 heavy (non-hydrogen) atoms. The number of hydrogen-bond donors (Lipinski definition) is 2. The molecule has 10 heteroatoms. The minimum absolute atomic E-state index is 0.00570. The maximum absolute atomic E-state index is 13.0. The summed E-state index contributed by atoms with van der Waals surface area (Å²) in [5.74, 6) is 0.517. The molecule has 0 saturated carbocycles. The maximum atomic E-state index is 13.0. The van der Waals surface area contributed by atoms with Gasteiger partial charge in [0.15, 0.2) is 0 Å². The molecule has 8 nitrogen and oxygen atoms in total. The van der Waals surface area contributed by atoms with Gasteiger partial charge in [-0.25, -0.2) is 26.5 Å². The smallest absolute Gasteiger partial charge is 0.243 e. The molecule has 0 radical (unpaired) electrons. The molecule has 170 valence electrons. The van der Waals surface area contributed by atoms with E-state index >= 15 is 0 Å². The van der Waals surface area contributed by atoms with E-state index in [-0.39, 0.29) is 9.79 Å². The van der Waals surface area contributed by atoms with Crippen molar-refractivity contribution in [3.63, 3.8) is 0 Å². The third-order valence-electron chi connectivity index (χ3n) is 5.55. The van der Waals surface area contributed by atoms with Gasteiger partial charge in [-0.2, -0.15) is 4.31 Å². The van der Waals surface area contributed by atoms with Gasteiger partial charge in [-0.1, -0.05) is 37.3 Å². The number of rotatable bonds is 8. The summed E-state index contributed by atoms with van der Waals surface area (Å²) in [6.07, 6.45) is 3.85. The molecule has 0 aliphatic carbocycles. The highest BCUT2D eigenvalue weighted by atomic mass is 32.2. The topological polar surface area (TPSA) is 112 Å². The maximum Gasteiger partial charge on any atom is 0.243 e. The Kier molecular flexibility index (Phi) is 6.47. The summed E-state index contributed by atoms with van der Waals surface area (Å²) in [5.41, 5.74) is 1.76. The van der Waals surface area contributed by atoms with Gasteiger partial charge in [0.2, 0.25) is 20.0 Å². The summed E-state index contributed by atoms with van der Waals surface area (Å²) < 4.78 is 55.4. The number of nitrogens with one attached hydrogen (secondary N) is 2. The normalized spacial score (nSPS) is 16.3. The highest BCUT2D eigenvalue weighted by Crippen LogP contribution is 2.24. The first-order valence-corrected chi connectivity index (χ1v) is 13.5. The van der Waals surface area contributed by atoms with Crippen LogP contribution < -0.4 is 4.72 Å². The van der Waals surface area contributed by atoms with E-state index in [1.54, 1.807) is 6.20 Å². The molecule has 4 rings (SSSR count). The second kappa shape index (κ2) is 9.14. The van der Waals surface area contributed by atoms with Crippen LogP contribution in [0.4, 0.5) is 0 Å². The van der Waals surface area contributed by atoms with Crippen LogP contribution in [0.2, 0.25) is 0 Å². The molecule has 0 spiro atoms. The number of benzene rings is 2. The van der Waals surface area contributed by atoms with Gasteiger partial charge in [-0.15, -0.1) is 0 Å². The summed E-state index contributed by atoms with van der Waals surface area (Å²) in [4.78, 5) is 7.66. The Bertz CT molecular complexity index is 1260. The Morgan fingerprint density at radius 1 is 0.969 bits per heavy atom. The number of aromatic nitrogens is 2. The van der Waals surface area contributed by atoms with Gasteiger partial charge >= 0.3 is 0 Å². The average molecular weight is 475 g/mol. The lowest BCUT2D eigenvalue weighted by atomic mass is 10.2. The highest BCUT2D eigenvalue weighted by molar-refractivity contribution is 7.89. The number of nitrogens with zero attached hydrogens (tertiary/aromatic N) is 2. The summed E-state index contributed by atoms with van der Waals surface area (Å²) in [5, 5.41) is 0. The summed E-state index contributed by atoms with van der Waals surface area (Å²) >= 11 is 0. The fraction of sp³-hybridized carbons (Fsp3) is 0.318. The molecule has 1 atom stereocenters. The van der Waals surface area contributed by atoms with Crippen molar-refractivity contribution >= 4 is 20.0 Å². The van der Waals surface area contributed by atoms with Crippen molar-refractivity contribution in [2.75, 3.05) is 13.1 Å². The van der Waals surface area contributed by atoms with Crippen LogP contribution in [0.25, 0.3) is 11.3 Å². The largest absolute Gasteiger partial charge is 0.341 e. The molecule has 1 unspecified atom stereocenters. The quantitative estimate of drug-likeness (QED) is 0.520. The number of hydrogen-bond acceptors (Lipinski definition) is 5. The first kappa shape index (κ1) is 22.7. The molecule has 1 aromatic heterocycles. The van der Waals surface area contributed by atoms with Gasteiger partial charge in [-0.05, 0) is 49.1 Å². The Labute approximate surface area is 188 Å². The zero-order chi connectivity index (χ0) is 22.8. The van der Waals surface area contributed by atoms with E-state index in [9.17, 15) is 16.8 Å². The van der Waals surface area contributed by atoms with Crippen molar-refractivity contribution in [3.05, 3.63) is 66.6 Å². The molecule has 1 saturated heterocycles. The van der Waals surface area contributed by atoms with E-state index in [1.165, 1.54) is 28.6 Å². The minimum Gasteiger partial charge on any atom is -0.341 e. The number of sulfonamides is 2. The summed E-state index contributed by atoms with van der Waals surface area (Å²) in [7, 11) is -7.47. The van der Waals surface area contributed by atoms with E-state index in [0.717, 1.165) is 24.1 Å². The van der Waals surface area contributed by atoms with E-state index in [0.29, 0.717) is 25.3 Å². The van der Waals surface area contributed by atoms with Crippen LogP contribution in [0.1, 0.15) is 38.1 Å². The van der Waals surface area contributed by atoms with Gasteiger partial charge in [0, 0.05) is 13.1 Å². The van der Waals surface area contributed by atoms with E-state index < -0.39 is 26.1 Å². The molecule has 1 aliphatic rings. The van der Waals surface area contributed by atoms with Crippen molar-refractivity contribution in [2.24, 2.45) is 0 Å². The number of H-pyrrole nitrogens is 1. The lowest BCUT2D eigenvalue weighted by molar-refractivity contribution is 0.477. The van der Waals surface area contributed by atoms with Crippen LogP contribution in [0.15, 0.2) is 70.6 Å². The van der Waals surface area contributed by atoms with E-state index in [4.69, 9.17) is 0 Å². The van der Waals surface area contributed by atoms with E-state index in [2.05, 4.69) is 14.7 Å². The average Bonchev–Trinajstić information content (AvgIpc) is 3.51. The molecule has 0 amide bonds. The molecular weight excluding hydrogens is 448 g/mol. The summed E-state index contributed by atoms with van der Waals surface area (Å²) in [6, 6.07) is 14.5. The van der Waals surface area contributed by atoms with Gasteiger partial charge < -0.3 is 4.98 Å². The Hall–Kier alpha value is -2.53. The third-order valence-corrected chi connectivity index (χ3v) is 8.95. The molecule has 1 aliphatic heterocycles. The van der Waals surface area contributed by atoms with Gasteiger partial charge in [-0.3, -0.25) is 0 Å². The van der Waals surface area contributed by atoms with Gasteiger partial charge in [0.05, 0.1) is 27.7 Å². The fourth-order valence-electron chi connectivity index (χ4n) is 3.73. The van der Waals surface area contributed by atoms with Crippen molar-refractivity contribution in [2.45, 2.75) is 42.0 Å². The van der Waals surface area contributed by atoms with Crippen LogP contribution in [0.3, 0.4) is 0 Å². The summed E-state index contributed by atoms with van der Waals surface area (Å²) in [6.45, 7) is 2.86. The standard InChI is InChI=1S/C22H26N4O4S2/c1-2-20(22-23-16-21(24-22)17-8-4-3-5-9-17)25-31(27,28)18-10-12-19(13-11-18)32(29,30)26-14-6-7-15-26/h3-5,8-13,16,20,25H,2,6-7,14-15H2,1H3,(H,23,24).